The first-order valence-corrected chi connectivity index (χ1v) is 9.17. The Bertz CT molecular complexity index is 1370. The van der Waals surface area contributed by atoms with Crippen molar-refractivity contribution >= 4 is 17.3 Å². The molecule has 0 amide bonds. The van der Waals surface area contributed by atoms with Crippen molar-refractivity contribution in [3.05, 3.63) is 97.4 Å². The standard InChI is InChI=1S/C22H16FN3O3/c1-25-20-17(21(28)26(2)22(25)29)15(11-6-5-7-12(23)10-11)16-18(24-20)13-8-3-4-9-14(13)19(16)27/h3-10,15-16H,1-2H3/t15-,16+/m1/s1. The molecule has 2 aromatic carbocycles. The maximum absolute atomic E-state index is 14.1. The zero-order valence-electron chi connectivity index (χ0n) is 15.7. The van der Waals surface area contributed by atoms with Crippen molar-refractivity contribution in [3.63, 3.8) is 0 Å². The second kappa shape index (κ2) is 5.94. The van der Waals surface area contributed by atoms with E-state index in [2.05, 4.69) is 4.99 Å². The van der Waals surface area contributed by atoms with E-state index in [0.717, 1.165) is 4.57 Å². The molecule has 1 aliphatic heterocycles. The summed E-state index contributed by atoms with van der Waals surface area (Å²) in [6.07, 6.45) is 0. The van der Waals surface area contributed by atoms with Gasteiger partial charge in [0, 0.05) is 31.1 Å². The van der Waals surface area contributed by atoms with Crippen LogP contribution < -0.4 is 11.2 Å². The van der Waals surface area contributed by atoms with Gasteiger partial charge in [0.1, 0.15) is 11.6 Å². The highest BCUT2D eigenvalue weighted by Crippen LogP contribution is 2.46. The summed E-state index contributed by atoms with van der Waals surface area (Å²) in [5.41, 5.74) is 1.41. The van der Waals surface area contributed by atoms with Gasteiger partial charge in [0.05, 0.1) is 17.2 Å². The Morgan fingerprint density at radius 1 is 0.897 bits per heavy atom. The van der Waals surface area contributed by atoms with E-state index in [1.165, 1.54) is 30.8 Å². The number of rotatable bonds is 1. The third-order valence-electron chi connectivity index (χ3n) is 5.79. The number of hydrogen-bond donors (Lipinski definition) is 0. The number of benzene rings is 2. The van der Waals surface area contributed by atoms with Crippen LogP contribution in [0.5, 0.6) is 0 Å². The molecule has 2 heterocycles. The van der Waals surface area contributed by atoms with E-state index in [-0.39, 0.29) is 17.2 Å². The lowest BCUT2D eigenvalue weighted by Gasteiger charge is -2.29. The zero-order chi connectivity index (χ0) is 20.4. The van der Waals surface area contributed by atoms with E-state index in [1.807, 2.05) is 6.07 Å². The molecule has 0 unspecified atom stereocenters. The van der Waals surface area contributed by atoms with Gasteiger partial charge < -0.3 is 0 Å². The van der Waals surface area contributed by atoms with E-state index < -0.39 is 28.9 Å². The molecule has 7 heteroatoms. The number of carbonyl (C=O) groups excluding carboxylic acids is 1. The molecule has 1 aliphatic carbocycles. The van der Waals surface area contributed by atoms with Crippen LogP contribution in [0.4, 0.5) is 10.2 Å². The van der Waals surface area contributed by atoms with Gasteiger partial charge >= 0.3 is 5.69 Å². The van der Waals surface area contributed by atoms with Crippen molar-refractivity contribution in [1.82, 2.24) is 9.13 Å². The van der Waals surface area contributed by atoms with Crippen LogP contribution in [0.15, 0.2) is 63.1 Å². The molecule has 0 bridgehead atoms. The third-order valence-corrected chi connectivity index (χ3v) is 5.79. The number of carbonyl (C=O) groups is 1. The fraction of sp³-hybridized carbons (Fsp3) is 0.182. The van der Waals surface area contributed by atoms with Gasteiger partial charge in [0.2, 0.25) is 0 Å². The Morgan fingerprint density at radius 3 is 2.34 bits per heavy atom. The molecule has 29 heavy (non-hydrogen) atoms. The number of nitrogens with zero attached hydrogens (tertiary/aromatic N) is 3. The van der Waals surface area contributed by atoms with Gasteiger partial charge in [0.15, 0.2) is 5.78 Å². The monoisotopic (exact) mass is 389 g/mol. The first-order chi connectivity index (χ1) is 13.9. The molecular weight excluding hydrogens is 373 g/mol. The molecule has 2 aliphatic rings. The largest absolute Gasteiger partial charge is 0.332 e. The van der Waals surface area contributed by atoms with Crippen LogP contribution in [0, 0.1) is 11.7 Å². The van der Waals surface area contributed by atoms with E-state index in [9.17, 15) is 18.8 Å². The van der Waals surface area contributed by atoms with Gasteiger partial charge in [-0.25, -0.2) is 14.2 Å². The minimum absolute atomic E-state index is 0.157. The van der Waals surface area contributed by atoms with Crippen molar-refractivity contribution < 1.29 is 9.18 Å². The smallest absolute Gasteiger partial charge is 0.293 e. The first-order valence-electron chi connectivity index (χ1n) is 9.17. The van der Waals surface area contributed by atoms with Crippen molar-refractivity contribution in [2.45, 2.75) is 5.92 Å². The van der Waals surface area contributed by atoms with Crippen molar-refractivity contribution in [2.75, 3.05) is 0 Å². The van der Waals surface area contributed by atoms with Crippen LogP contribution in [-0.4, -0.2) is 20.6 Å². The van der Waals surface area contributed by atoms with Crippen LogP contribution in [0.1, 0.15) is 33.0 Å². The molecule has 144 valence electrons. The summed E-state index contributed by atoms with van der Waals surface area (Å²) < 4.78 is 16.4. The summed E-state index contributed by atoms with van der Waals surface area (Å²) in [4.78, 5) is 43.5. The number of ketones is 1. The van der Waals surface area contributed by atoms with Gasteiger partial charge in [0.25, 0.3) is 5.56 Å². The van der Waals surface area contributed by atoms with Crippen molar-refractivity contribution in [1.29, 1.82) is 0 Å². The summed E-state index contributed by atoms with van der Waals surface area (Å²) in [6, 6.07) is 13.0. The third kappa shape index (κ3) is 2.27. The van der Waals surface area contributed by atoms with Crippen LogP contribution in [0.25, 0.3) is 0 Å². The Kier molecular flexibility index (Phi) is 3.58. The summed E-state index contributed by atoms with van der Waals surface area (Å²) in [5, 5.41) is 0. The van der Waals surface area contributed by atoms with E-state index >= 15 is 0 Å². The number of Topliss-reactive ketones (excluding diaryl/α,β-unsaturated/α-hetero) is 1. The van der Waals surface area contributed by atoms with Crippen LogP contribution in [0.3, 0.4) is 0 Å². The fourth-order valence-electron chi connectivity index (χ4n) is 4.43. The van der Waals surface area contributed by atoms with Crippen molar-refractivity contribution in [2.24, 2.45) is 25.0 Å². The molecule has 0 spiro atoms. The average Bonchev–Trinajstić information content (AvgIpc) is 3.01. The normalized spacial score (nSPS) is 19.4. The molecular formula is C22H16FN3O3. The van der Waals surface area contributed by atoms with E-state index in [4.69, 9.17) is 0 Å². The Balaban J connectivity index is 1.92. The maximum Gasteiger partial charge on any atom is 0.332 e. The molecule has 1 aromatic heterocycles. The average molecular weight is 389 g/mol. The Labute approximate surface area is 164 Å². The SMILES string of the molecule is Cn1c2c(c(=O)n(C)c1=O)[C@H](c1cccc(F)c1)[C@@H]1C(=O)c3ccccc3C1=N2. The first kappa shape index (κ1) is 17.5. The predicted octanol–water partition coefficient (Wildman–Crippen LogP) is 2.30. The molecule has 0 N–H and O–H groups in total. The van der Waals surface area contributed by atoms with Crippen LogP contribution >= 0.6 is 0 Å². The van der Waals surface area contributed by atoms with E-state index in [0.29, 0.717) is 22.4 Å². The highest BCUT2D eigenvalue weighted by Gasteiger charge is 2.47. The second-order valence-electron chi connectivity index (χ2n) is 7.36. The van der Waals surface area contributed by atoms with Crippen molar-refractivity contribution in [3.8, 4) is 0 Å². The molecule has 5 rings (SSSR count). The minimum Gasteiger partial charge on any atom is -0.293 e. The highest BCUT2D eigenvalue weighted by atomic mass is 19.1. The summed E-state index contributed by atoms with van der Waals surface area (Å²) in [7, 11) is 2.92. The zero-order valence-corrected chi connectivity index (χ0v) is 15.7. The van der Waals surface area contributed by atoms with Gasteiger partial charge in [-0.05, 0) is 17.7 Å². The molecule has 0 radical (unpaired) electrons. The Morgan fingerprint density at radius 2 is 1.62 bits per heavy atom. The summed E-state index contributed by atoms with van der Waals surface area (Å²) in [5.74, 6) is -1.89. The topological polar surface area (TPSA) is 73.4 Å². The summed E-state index contributed by atoms with van der Waals surface area (Å²) >= 11 is 0. The predicted molar refractivity (Wildman–Crippen MR) is 106 cm³/mol. The molecule has 0 saturated carbocycles. The second-order valence-corrected chi connectivity index (χ2v) is 7.36. The summed E-state index contributed by atoms with van der Waals surface area (Å²) in [6.45, 7) is 0. The lowest BCUT2D eigenvalue weighted by atomic mass is 9.76. The van der Waals surface area contributed by atoms with Gasteiger partial charge in [-0.1, -0.05) is 36.4 Å². The van der Waals surface area contributed by atoms with Crippen LogP contribution in [0.2, 0.25) is 0 Å². The molecule has 0 fully saturated rings. The number of aliphatic imine (C=N–C) groups is 1. The lowest BCUT2D eigenvalue weighted by Crippen LogP contribution is -2.43. The fourth-order valence-corrected chi connectivity index (χ4v) is 4.43. The lowest BCUT2D eigenvalue weighted by molar-refractivity contribution is 0.0953. The number of aromatic nitrogens is 2. The van der Waals surface area contributed by atoms with E-state index in [1.54, 1.807) is 30.3 Å². The van der Waals surface area contributed by atoms with Gasteiger partial charge in [-0.15, -0.1) is 0 Å². The minimum atomic E-state index is -0.744. The molecule has 6 nitrogen and oxygen atoms in total. The maximum atomic E-state index is 14.1. The number of hydrogen-bond acceptors (Lipinski definition) is 4. The van der Waals surface area contributed by atoms with Gasteiger partial charge in [-0.3, -0.25) is 18.7 Å². The molecule has 0 saturated heterocycles. The quantitative estimate of drug-likeness (QED) is 0.641. The Hall–Kier alpha value is -3.61. The molecule has 3 aromatic rings. The van der Waals surface area contributed by atoms with Crippen LogP contribution in [-0.2, 0) is 14.1 Å². The molecule has 2 atom stereocenters. The van der Waals surface area contributed by atoms with Gasteiger partial charge in [-0.2, -0.15) is 0 Å². The highest BCUT2D eigenvalue weighted by molar-refractivity contribution is 6.30. The number of fused-ring (bicyclic) bond motifs is 4. The number of halogens is 1.